The van der Waals surface area contributed by atoms with Crippen LogP contribution >= 0.6 is 0 Å². The number of aliphatic hydroxyl groups is 1. The lowest BCUT2D eigenvalue weighted by Crippen LogP contribution is -2.35. The number of aryl methyl sites for hydroxylation is 2. The molecular weight excluding hydrogens is 430 g/mol. The fourth-order valence-electron chi connectivity index (χ4n) is 3.98. The largest absolute Gasteiger partial charge is 0.491 e. The number of ether oxygens (including phenoxy) is 1. The molecule has 1 amide bonds. The summed E-state index contributed by atoms with van der Waals surface area (Å²) < 4.78 is 7.35. The topological polar surface area (TPSA) is 102 Å². The molecule has 1 fully saturated rings. The van der Waals surface area contributed by atoms with Crippen LogP contribution in [0.2, 0.25) is 0 Å². The summed E-state index contributed by atoms with van der Waals surface area (Å²) in [5.74, 6) is 1.42. The smallest absolute Gasteiger partial charge is 0.252 e. The minimum absolute atomic E-state index is 0.0701. The summed E-state index contributed by atoms with van der Waals surface area (Å²) in [4.78, 5) is 22.5. The lowest BCUT2D eigenvalue weighted by Gasteiger charge is -2.14. The lowest BCUT2D eigenvalue weighted by atomic mass is 10.1. The zero-order valence-corrected chi connectivity index (χ0v) is 19.2. The molecule has 0 saturated heterocycles. The van der Waals surface area contributed by atoms with Crippen LogP contribution in [-0.2, 0) is 0 Å². The van der Waals surface area contributed by atoms with Gasteiger partial charge in [-0.05, 0) is 62.6 Å². The molecule has 0 spiro atoms. The van der Waals surface area contributed by atoms with Gasteiger partial charge >= 0.3 is 0 Å². The van der Waals surface area contributed by atoms with Gasteiger partial charge in [0, 0.05) is 24.4 Å². The van der Waals surface area contributed by atoms with E-state index in [0.29, 0.717) is 39.8 Å². The molecule has 1 saturated carbocycles. The molecule has 1 unspecified atom stereocenters. The Hall–Kier alpha value is -3.78. The van der Waals surface area contributed by atoms with E-state index in [-0.39, 0.29) is 19.1 Å². The second-order valence-electron chi connectivity index (χ2n) is 8.74. The van der Waals surface area contributed by atoms with Crippen LogP contribution in [0.15, 0.2) is 54.7 Å². The van der Waals surface area contributed by atoms with Crippen molar-refractivity contribution in [3.63, 3.8) is 0 Å². The molecule has 1 aliphatic carbocycles. The molecule has 8 nitrogen and oxygen atoms in total. The molecule has 1 aliphatic rings. The van der Waals surface area contributed by atoms with Crippen molar-refractivity contribution in [2.24, 2.45) is 0 Å². The van der Waals surface area contributed by atoms with Crippen molar-refractivity contribution in [1.29, 1.82) is 0 Å². The molecule has 0 aliphatic heterocycles. The van der Waals surface area contributed by atoms with Gasteiger partial charge in [0.2, 0.25) is 0 Å². The Morgan fingerprint density at radius 1 is 1.21 bits per heavy atom. The number of fused-ring (bicyclic) bond motifs is 1. The summed E-state index contributed by atoms with van der Waals surface area (Å²) in [6.07, 6.45) is 2.98. The van der Waals surface area contributed by atoms with E-state index < -0.39 is 6.10 Å². The van der Waals surface area contributed by atoms with Crippen molar-refractivity contribution >= 4 is 16.9 Å². The Labute approximate surface area is 197 Å². The molecule has 1 aromatic carbocycles. The normalized spacial score (nSPS) is 14.2. The highest BCUT2D eigenvalue weighted by Crippen LogP contribution is 2.40. The van der Waals surface area contributed by atoms with E-state index in [0.717, 1.165) is 24.1 Å². The summed E-state index contributed by atoms with van der Waals surface area (Å²) in [5.41, 5.74) is 3.80. The van der Waals surface area contributed by atoms with E-state index in [1.165, 1.54) is 0 Å². The third-order valence-electron chi connectivity index (χ3n) is 5.87. The number of aromatic nitrogens is 4. The van der Waals surface area contributed by atoms with Gasteiger partial charge in [-0.25, -0.2) is 9.97 Å². The van der Waals surface area contributed by atoms with Gasteiger partial charge in [-0.3, -0.25) is 4.79 Å². The average molecular weight is 458 g/mol. The van der Waals surface area contributed by atoms with E-state index in [2.05, 4.69) is 15.4 Å². The fourth-order valence-corrected chi connectivity index (χ4v) is 3.98. The first kappa shape index (κ1) is 22.0. The van der Waals surface area contributed by atoms with E-state index in [1.807, 2.05) is 62.4 Å². The van der Waals surface area contributed by atoms with E-state index in [9.17, 15) is 9.90 Å². The Morgan fingerprint density at radius 2 is 2.06 bits per heavy atom. The monoisotopic (exact) mass is 457 g/mol. The van der Waals surface area contributed by atoms with Crippen molar-refractivity contribution in [3.05, 3.63) is 77.2 Å². The van der Waals surface area contributed by atoms with Crippen molar-refractivity contribution in [2.45, 2.75) is 38.7 Å². The second kappa shape index (κ2) is 9.23. The van der Waals surface area contributed by atoms with Gasteiger partial charge in [-0.1, -0.05) is 18.2 Å². The highest BCUT2D eigenvalue weighted by atomic mass is 16.5. The Kier molecular flexibility index (Phi) is 5.98. The Balaban J connectivity index is 1.37. The quantitative estimate of drug-likeness (QED) is 0.420. The number of hydrogen-bond acceptors (Lipinski definition) is 6. The zero-order valence-electron chi connectivity index (χ0n) is 19.2. The van der Waals surface area contributed by atoms with E-state index in [1.54, 1.807) is 10.9 Å². The number of carbonyl (C=O) groups excluding carboxylic acids is 1. The van der Waals surface area contributed by atoms with Crippen molar-refractivity contribution in [1.82, 2.24) is 25.1 Å². The maximum absolute atomic E-state index is 13.2. The van der Waals surface area contributed by atoms with Crippen LogP contribution in [0.4, 0.5) is 0 Å². The maximum Gasteiger partial charge on any atom is 0.252 e. The van der Waals surface area contributed by atoms with Crippen LogP contribution in [0.5, 0.6) is 5.75 Å². The number of hydrogen-bond donors (Lipinski definition) is 2. The van der Waals surface area contributed by atoms with Crippen LogP contribution < -0.4 is 10.1 Å². The van der Waals surface area contributed by atoms with Crippen LogP contribution in [0.25, 0.3) is 16.9 Å². The van der Waals surface area contributed by atoms with E-state index in [4.69, 9.17) is 9.72 Å². The molecule has 5 rings (SSSR count). The predicted molar refractivity (Wildman–Crippen MR) is 128 cm³/mol. The Bertz CT molecular complexity index is 1330. The van der Waals surface area contributed by atoms with Gasteiger partial charge in [-0.15, -0.1) is 0 Å². The average Bonchev–Trinajstić information content (AvgIpc) is 3.65. The number of aliphatic hydroxyl groups excluding tert-OH is 1. The highest BCUT2D eigenvalue weighted by Gasteiger charge is 2.29. The standard InChI is InChI=1S/C26H27N5O3/c1-16-6-5-7-20(12-16)34-15-19(32)14-28-26(33)21-13-22(18-9-10-18)29-25-24(21)17(2)30-31(25)23-8-3-4-11-27-23/h3-8,11-13,18-19,32H,9-10,14-15H2,1-2H3,(H,28,33). The third-order valence-corrected chi connectivity index (χ3v) is 5.87. The number of pyridine rings is 2. The van der Waals surface area contributed by atoms with Crippen molar-refractivity contribution in [2.75, 3.05) is 13.2 Å². The number of benzene rings is 1. The summed E-state index contributed by atoms with van der Waals surface area (Å²) in [6.45, 7) is 3.99. The second-order valence-corrected chi connectivity index (χ2v) is 8.74. The van der Waals surface area contributed by atoms with Crippen LogP contribution in [0.1, 0.15) is 46.1 Å². The molecule has 2 N–H and O–H groups in total. The van der Waals surface area contributed by atoms with Gasteiger partial charge in [0.05, 0.1) is 16.6 Å². The lowest BCUT2D eigenvalue weighted by molar-refractivity contribution is 0.0845. The summed E-state index contributed by atoms with van der Waals surface area (Å²) in [7, 11) is 0. The number of carbonyl (C=O) groups is 1. The minimum atomic E-state index is -0.845. The summed E-state index contributed by atoms with van der Waals surface area (Å²) in [5, 5.41) is 18.5. The molecule has 3 aromatic heterocycles. The molecule has 1 atom stereocenters. The van der Waals surface area contributed by atoms with Gasteiger partial charge < -0.3 is 15.2 Å². The SMILES string of the molecule is Cc1cccc(OCC(O)CNC(=O)c2cc(C3CC3)nc3c2c(C)nn3-c2ccccn2)c1. The summed E-state index contributed by atoms with van der Waals surface area (Å²) >= 11 is 0. The number of nitrogens with one attached hydrogen (secondary N) is 1. The Morgan fingerprint density at radius 3 is 2.79 bits per heavy atom. The van der Waals surface area contributed by atoms with Gasteiger partial charge in [0.15, 0.2) is 11.5 Å². The first-order valence-electron chi connectivity index (χ1n) is 11.5. The summed E-state index contributed by atoms with van der Waals surface area (Å²) in [6, 6.07) is 15.1. The molecule has 3 heterocycles. The molecule has 4 aromatic rings. The molecule has 174 valence electrons. The van der Waals surface area contributed by atoms with Crippen molar-refractivity contribution in [3.8, 4) is 11.6 Å². The first-order chi connectivity index (χ1) is 16.5. The molecule has 0 bridgehead atoms. The first-order valence-corrected chi connectivity index (χ1v) is 11.5. The fraction of sp³-hybridized carbons (Fsp3) is 0.308. The molecule has 8 heteroatoms. The number of rotatable bonds is 8. The molecular formula is C26H27N5O3. The van der Waals surface area contributed by atoms with E-state index >= 15 is 0 Å². The molecule has 34 heavy (non-hydrogen) atoms. The molecule has 0 radical (unpaired) electrons. The zero-order chi connectivity index (χ0) is 23.7. The highest BCUT2D eigenvalue weighted by molar-refractivity contribution is 6.06. The van der Waals surface area contributed by atoms with Gasteiger partial charge in [0.1, 0.15) is 18.5 Å². The van der Waals surface area contributed by atoms with Crippen LogP contribution in [0.3, 0.4) is 0 Å². The predicted octanol–water partition coefficient (Wildman–Crippen LogP) is 3.48. The van der Waals surface area contributed by atoms with Crippen LogP contribution in [-0.4, -0.2) is 50.0 Å². The number of nitrogens with zero attached hydrogens (tertiary/aromatic N) is 4. The van der Waals surface area contributed by atoms with Gasteiger partial charge in [-0.2, -0.15) is 9.78 Å². The minimum Gasteiger partial charge on any atom is -0.491 e. The third kappa shape index (κ3) is 4.63. The van der Waals surface area contributed by atoms with Gasteiger partial charge in [0.25, 0.3) is 5.91 Å². The number of amides is 1. The maximum atomic E-state index is 13.2. The van der Waals surface area contributed by atoms with Crippen molar-refractivity contribution < 1.29 is 14.6 Å². The van der Waals surface area contributed by atoms with Crippen LogP contribution in [0, 0.1) is 13.8 Å².